The van der Waals surface area contributed by atoms with Crippen LogP contribution in [0.1, 0.15) is 16.8 Å². The van der Waals surface area contributed by atoms with Gasteiger partial charge in [0.2, 0.25) is 0 Å². The molecule has 2 aromatic carbocycles. The average Bonchev–Trinajstić information content (AvgIpc) is 3.39. The summed E-state index contributed by atoms with van der Waals surface area (Å²) in [5, 5.41) is 12.1. The number of nitrogens with zero attached hydrogens (tertiary/aromatic N) is 2. The number of rotatable bonds is 5. The van der Waals surface area contributed by atoms with Crippen LogP contribution < -0.4 is 10.2 Å². The minimum atomic E-state index is -0.840. The smallest absolute Gasteiger partial charge is 0.411 e. The first-order valence-electron chi connectivity index (χ1n) is 9.71. The lowest BCUT2D eigenvalue weighted by atomic mass is 10.1. The molecule has 0 atom stereocenters. The quantitative estimate of drug-likeness (QED) is 0.489. The number of carboxylic acids is 1. The summed E-state index contributed by atoms with van der Waals surface area (Å²) in [5.41, 5.74) is 4.57. The van der Waals surface area contributed by atoms with E-state index in [2.05, 4.69) is 24.9 Å². The van der Waals surface area contributed by atoms with Crippen LogP contribution in [0.5, 0.6) is 0 Å². The van der Waals surface area contributed by atoms with Gasteiger partial charge in [-0.2, -0.15) is 0 Å². The molecule has 1 aliphatic heterocycles. The van der Waals surface area contributed by atoms with Crippen LogP contribution in [0.2, 0.25) is 10.0 Å². The number of methoxy groups -OCH3 is 1. The van der Waals surface area contributed by atoms with Crippen molar-refractivity contribution < 1.29 is 19.4 Å². The van der Waals surface area contributed by atoms with Gasteiger partial charge in [0.25, 0.3) is 0 Å². The summed E-state index contributed by atoms with van der Waals surface area (Å²) in [6.45, 7) is 1.65. The Hall–Kier alpha value is -3.23. The third-order valence-corrected chi connectivity index (χ3v) is 5.29. The lowest BCUT2D eigenvalue weighted by molar-refractivity contribution is -0.136. The Labute approximate surface area is 195 Å². The first kappa shape index (κ1) is 23.4. The molecule has 1 aromatic heterocycles. The third-order valence-electron chi connectivity index (χ3n) is 4.74. The summed E-state index contributed by atoms with van der Waals surface area (Å²) in [4.78, 5) is 30.9. The van der Waals surface area contributed by atoms with Gasteiger partial charge < -0.3 is 19.7 Å². The van der Waals surface area contributed by atoms with Gasteiger partial charge in [0, 0.05) is 23.5 Å². The molecular formula is C22H22Cl2N4O4. The third kappa shape index (κ3) is 6.38. The van der Waals surface area contributed by atoms with E-state index in [-0.39, 0.29) is 6.42 Å². The Morgan fingerprint density at radius 2 is 2.09 bits per heavy atom. The van der Waals surface area contributed by atoms with Crippen molar-refractivity contribution in [2.45, 2.75) is 19.4 Å². The van der Waals surface area contributed by atoms with Gasteiger partial charge in [-0.3, -0.25) is 10.1 Å². The second-order valence-electron chi connectivity index (χ2n) is 7.03. The molecule has 0 aliphatic carbocycles. The summed E-state index contributed by atoms with van der Waals surface area (Å²) >= 11 is 11.8. The van der Waals surface area contributed by atoms with Crippen LogP contribution in [-0.2, 0) is 28.9 Å². The van der Waals surface area contributed by atoms with E-state index in [4.69, 9.17) is 28.3 Å². The number of aromatic amines is 1. The lowest BCUT2D eigenvalue weighted by Crippen LogP contribution is -2.20. The number of nitrogens with one attached hydrogen (secondary N) is 2. The van der Waals surface area contributed by atoms with E-state index in [1.54, 1.807) is 30.6 Å². The van der Waals surface area contributed by atoms with Crippen molar-refractivity contribution in [3.05, 3.63) is 75.8 Å². The van der Waals surface area contributed by atoms with Crippen molar-refractivity contribution >= 4 is 46.6 Å². The fourth-order valence-electron chi connectivity index (χ4n) is 3.29. The second kappa shape index (κ2) is 10.9. The number of carbonyl (C=O) groups is 2. The zero-order chi connectivity index (χ0) is 23.1. The summed E-state index contributed by atoms with van der Waals surface area (Å²) in [7, 11) is 1.32. The first-order valence-corrected chi connectivity index (χ1v) is 10.5. The van der Waals surface area contributed by atoms with E-state index in [0.29, 0.717) is 15.7 Å². The number of hydrogen-bond donors (Lipinski definition) is 3. The van der Waals surface area contributed by atoms with Crippen LogP contribution in [-0.4, -0.2) is 40.8 Å². The van der Waals surface area contributed by atoms with Gasteiger partial charge in [0.05, 0.1) is 42.8 Å². The Morgan fingerprint density at radius 3 is 2.75 bits per heavy atom. The van der Waals surface area contributed by atoms with Crippen LogP contribution in [0.3, 0.4) is 0 Å². The van der Waals surface area contributed by atoms with Gasteiger partial charge in [-0.25, -0.2) is 9.78 Å². The molecule has 8 nitrogen and oxygen atoms in total. The number of anilines is 2. The summed E-state index contributed by atoms with van der Waals surface area (Å²) in [6, 6.07) is 10.6. The Bertz CT molecular complexity index is 1090. The highest BCUT2D eigenvalue weighted by Crippen LogP contribution is 2.36. The van der Waals surface area contributed by atoms with Crippen LogP contribution in [0.15, 0.2) is 48.9 Å². The van der Waals surface area contributed by atoms with Crippen LogP contribution in [0.25, 0.3) is 0 Å². The van der Waals surface area contributed by atoms with Crippen LogP contribution >= 0.6 is 23.2 Å². The number of ether oxygens (including phenoxy) is 1. The first-order chi connectivity index (χ1) is 15.4. The molecule has 1 amide bonds. The zero-order valence-corrected chi connectivity index (χ0v) is 18.8. The molecule has 0 unspecified atom stereocenters. The van der Waals surface area contributed by atoms with Gasteiger partial charge in [-0.1, -0.05) is 35.3 Å². The van der Waals surface area contributed by atoms with E-state index in [0.717, 1.165) is 36.5 Å². The molecule has 32 heavy (non-hydrogen) atoms. The van der Waals surface area contributed by atoms with Gasteiger partial charge in [0.1, 0.15) is 0 Å². The normalized spacial score (nSPS) is 11.9. The van der Waals surface area contributed by atoms with E-state index in [1.807, 2.05) is 18.3 Å². The number of aliphatic carboxylic acids is 1. The summed E-state index contributed by atoms with van der Waals surface area (Å²) in [6.07, 6.45) is 3.90. The largest absolute Gasteiger partial charge is 0.481 e. The Morgan fingerprint density at radius 1 is 1.28 bits per heavy atom. The molecule has 0 saturated heterocycles. The number of carboxylic acid groups (broad SMARTS) is 1. The summed E-state index contributed by atoms with van der Waals surface area (Å²) in [5.74, 6) is -0.840. The van der Waals surface area contributed by atoms with E-state index < -0.39 is 12.1 Å². The molecule has 3 aromatic rings. The number of amides is 1. The minimum Gasteiger partial charge on any atom is -0.481 e. The second-order valence-corrected chi connectivity index (χ2v) is 7.87. The van der Waals surface area contributed by atoms with Crippen molar-refractivity contribution in [2.75, 3.05) is 23.9 Å². The number of H-pyrrole nitrogens is 1. The Kier molecular flexibility index (Phi) is 7.97. The number of aromatic nitrogens is 2. The molecule has 4 rings (SSSR count). The van der Waals surface area contributed by atoms with Crippen LogP contribution in [0.4, 0.5) is 16.2 Å². The number of benzene rings is 2. The molecule has 2 heterocycles. The number of hydrogen-bond acceptors (Lipinski definition) is 5. The maximum Gasteiger partial charge on any atom is 0.411 e. The molecule has 10 heteroatoms. The Balaban J connectivity index is 0.000000222. The zero-order valence-electron chi connectivity index (χ0n) is 17.3. The van der Waals surface area contributed by atoms with Crippen molar-refractivity contribution in [3.8, 4) is 0 Å². The molecule has 0 saturated carbocycles. The predicted molar refractivity (Wildman–Crippen MR) is 124 cm³/mol. The highest BCUT2D eigenvalue weighted by atomic mass is 35.5. The van der Waals surface area contributed by atoms with Crippen molar-refractivity contribution in [1.29, 1.82) is 0 Å². The molecule has 1 aliphatic rings. The van der Waals surface area contributed by atoms with Crippen LogP contribution in [0, 0.1) is 0 Å². The number of imidazole rings is 1. The topological polar surface area (TPSA) is 108 Å². The molecule has 0 fully saturated rings. The van der Waals surface area contributed by atoms with E-state index in [9.17, 15) is 9.59 Å². The van der Waals surface area contributed by atoms with Gasteiger partial charge in [-0.05, 0) is 41.8 Å². The summed E-state index contributed by atoms with van der Waals surface area (Å²) < 4.78 is 4.61. The van der Waals surface area contributed by atoms with Crippen molar-refractivity contribution in [1.82, 2.24) is 9.97 Å². The fraction of sp³-hybridized carbons (Fsp3) is 0.227. The SMILES string of the molecule is COC(=O)Nc1cc2c(cc1Cl)CCN2Cc1cnc[nH]1.O=C(O)Cc1cccc(Cl)c1. The predicted octanol–water partition coefficient (Wildman–Crippen LogP) is 4.77. The number of halogens is 2. The molecule has 0 radical (unpaired) electrons. The van der Waals surface area contributed by atoms with E-state index >= 15 is 0 Å². The van der Waals surface area contributed by atoms with Gasteiger partial charge in [0.15, 0.2) is 0 Å². The monoisotopic (exact) mass is 476 g/mol. The highest BCUT2D eigenvalue weighted by molar-refractivity contribution is 6.34. The minimum absolute atomic E-state index is 0.0283. The number of fused-ring (bicyclic) bond motifs is 1. The standard InChI is InChI=1S/C14H15ClN4O2.C8H7ClO2/c1-21-14(20)18-12-5-13-9(4-11(12)15)2-3-19(13)7-10-6-16-8-17-10;9-7-3-1-2-6(4-7)5-8(10)11/h4-6,8H,2-3,7H2,1H3,(H,16,17)(H,18,20);1-4H,5H2,(H,10,11). The lowest BCUT2D eigenvalue weighted by Gasteiger charge is -2.19. The molecule has 168 valence electrons. The number of carbonyl (C=O) groups excluding carboxylic acids is 1. The molecular weight excluding hydrogens is 455 g/mol. The maximum absolute atomic E-state index is 11.4. The van der Waals surface area contributed by atoms with Crippen molar-refractivity contribution in [2.24, 2.45) is 0 Å². The fourth-order valence-corrected chi connectivity index (χ4v) is 3.74. The van der Waals surface area contributed by atoms with Gasteiger partial charge >= 0.3 is 12.1 Å². The average molecular weight is 477 g/mol. The maximum atomic E-state index is 11.4. The molecule has 0 bridgehead atoms. The van der Waals surface area contributed by atoms with Gasteiger partial charge in [-0.15, -0.1) is 0 Å². The molecule has 3 N–H and O–H groups in total. The van der Waals surface area contributed by atoms with Crippen molar-refractivity contribution in [3.63, 3.8) is 0 Å². The molecule has 0 spiro atoms. The highest BCUT2D eigenvalue weighted by Gasteiger charge is 2.22. The van der Waals surface area contributed by atoms with E-state index in [1.165, 1.54) is 12.7 Å².